The van der Waals surface area contributed by atoms with Gasteiger partial charge in [-0.2, -0.15) is 0 Å². The number of anilines is 1. The summed E-state index contributed by atoms with van der Waals surface area (Å²) in [7, 11) is -4.09. The van der Waals surface area contributed by atoms with E-state index in [0.717, 1.165) is 24.0 Å². The Kier molecular flexibility index (Phi) is 10.4. The van der Waals surface area contributed by atoms with E-state index in [1.807, 2.05) is 37.3 Å². The largest absolute Gasteiger partial charge is 0.354 e. The molecule has 3 aromatic carbocycles. The second-order valence-corrected chi connectivity index (χ2v) is 11.4. The molecule has 39 heavy (non-hydrogen) atoms. The molecule has 0 spiro atoms. The summed E-state index contributed by atoms with van der Waals surface area (Å²) in [4.78, 5) is 28.5. The molecule has 1 unspecified atom stereocenters. The van der Waals surface area contributed by atoms with Crippen molar-refractivity contribution < 1.29 is 26.8 Å². The van der Waals surface area contributed by atoms with E-state index in [9.17, 15) is 26.8 Å². The maximum Gasteiger partial charge on any atom is 0.244 e. The molecule has 3 rings (SSSR count). The third-order valence-corrected chi connectivity index (χ3v) is 7.35. The zero-order chi connectivity index (χ0) is 28.6. The molecule has 11 heteroatoms. The molecule has 0 aliphatic rings. The number of nitrogens with zero attached hydrogens (tertiary/aromatic N) is 2. The molecule has 0 aliphatic heterocycles. The Morgan fingerprint density at radius 3 is 2.21 bits per heavy atom. The lowest BCUT2D eigenvalue weighted by Gasteiger charge is -2.33. The number of sulfonamides is 1. The van der Waals surface area contributed by atoms with Crippen molar-refractivity contribution in [3.63, 3.8) is 0 Å². The maximum absolute atomic E-state index is 14.0. The van der Waals surface area contributed by atoms with Crippen LogP contribution in [0.4, 0.5) is 14.5 Å². The summed E-state index contributed by atoms with van der Waals surface area (Å²) < 4.78 is 53.6. The first-order valence-electron chi connectivity index (χ1n) is 12.3. The monoisotopic (exact) mass is 577 g/mol. The summed E-state index contributed by atoms with van der Waals surface area (Å²) in [6, 6.07) is 17.4. The number of hydrogen-bond acceptors (Lipinski definition) is 4. The molecule has 7 nitrogen and oxygen atoms in total. The molecule has 0 heterocycles. The fourth-order valence-electron chi connectivity index (χ4n) is 3.96. The van der Waals surface area contributed by atoms with Crippen molar-refractivity contribution >= 4 is 39.1 Å². The van der Waals surface area contributed by atoms with E-state index in [0.29, 0.717) is 33.9 Å². The molecule has 3 aromatic rings. The van der Waals surface area contributed by atoms with Crippen molar-refractivity contribution in [3.8, 4) is 0 Å². The molecule has 1 N–H and O–H groups in total. The Bertz CT molecular complexity index is 1390. The van der Waals surface area contributed by atoms with Crippen molar-refractivity contribution in [1.29, 1.82) is 0 Å². The van der Waals surface area contributed by atoms with E-state index in [-0.39, 0.29) is 18.7 Å². The summed E-state index contributed by atoms with van der Waals surface area (Å²) >= 11 is 6.02. The number of benzene rings is 3. The zero-order valence-electron chi connectivity index (χ0n) is 21.6. The zero-order valence-corrected chi connectivity index (χ0v) is 23.2. The Morgan fingerprint density at radius 1 is 0.949 bits per heavy atom. The highest BCUT2D eigenvalue weighted by Gasteiger charge is 2.33. The molecule has 0 aliphatic carbocycles. The minimum Gasteiger partial charge on any atom is -0.354 e. The van der Waals surface area contributed by atoms with Crippen LogP contribution >= 0.6 is 11.6 Å². The average Bonchev–Trinajstić information content (AvgIpc) is 2.90. The Morgan fingerprint density at radius 2 is 1.62 bits per heavy atom. The Labute approximate surface area is 232 Å². The van der Waals surface area contributed by atoms with Crippen LogP contribution in [-0.4, -0.2) is 50.5 Å². The highest BCUT2D eigenvalue weighted by atomic mass is 35.5. The highest BCUT2D eigenvalue weighted by Crippen LogP contribution is 2.22. The van der Waals surface area contributed by atoms with Crippen LogP contribution in [0.25, 0.3) is 0 Å². The second-order valence-electron chi connectivity index (χ2n) is 9.01. The van der Waals surface area contributed by atoms with Crippen LogP contribution in [-0.2, 0) is 32.6 Å². The van der Waals surface area contributed by atoms with Gasteiger partial charge in [-0.05, 0) is 41.8 Å². The van der Waals surface area contributed by atoms with Gasteiger partial charge in [-0.3, -0.25) is 13.9 Å². The summed E-state index contributed by atoms with van der Waals surface area (Å²) in [5, 5.41) is 3.32. The molecular weight excluding hydrogens is 548 g/mol. The molecule has 0 bridgehead atoms. The van der Waals surface area contributed by atoms with Gasteiger partial charge in [0.25, 0.3) is 0 Å². The first kappa shape index (κ1) is 30.0. The van der Waals surface area contributed by atoms with Crippen LogP contribution in [0.2, 0.25) is 5.02 Å². The third-order valence-electron chi connectivity index (χ3n) is 5.96. The van der Waals surface area contributed by atoms with Crippen LogP contribution in [0.1, 0.15) is 24.5 Å². The number of nitrogens with one attached hydrogen (secondary N) is 1. The van der Waals surface area contributed by atoms with Crippen LogP contribution in [0, 0.1) is 11.6 Å². The van der Waals surface area contributed by atoms with Crippen LogP contribution in [0.3, 0.4) is 0 Å². The maximum atomic E-state index is 14.0. The minimum atomic E-state index is -4.09. The smallest absolute Gasteiger partial charge is 0.244 e. The van der Waals surface area contributed by atoms with E-state index >= 15 is 0 Å². The van der Waals surface area contributed by atoms with E-state index in [1.165, 1.54) is 4.90 Å². The van der Waals surface area contributed by atoms with Gasteiger partial charge in [0.15, 0.2) is 11.6 Å². The van der Waals surface area contributed by atoms with Crippen molar-refractivity contribution in [2.24, 2.45) is 0 Å². The number of halogens is 3. The quantitative estimate of drug-likeness (QED) is 0.342. The number of hydrogen-bond donors (Lipinski definition) is 1. The highest BCUT2D eigenvalue weighted by molar-refractivity contribution is 7.92. The van der Waals surface area contributed by atoms with Gasteiger partial charge in [-0.25, -0.2) is 17.2 Å². The first-order valence-corrected chi connectivity index (χ1v) is 14.5. The number of amides is 2. The van der Waals surface area contributed by atoms with Gasteiger partial charge in [0.05, 0.1) is 11.9 Å². The van der Waals surface area contributed by atoms with Crippen LogP contribution in [0.5, 0.6) is 0 Å². The van der Waals surface area contributed by atoms with E-state index in [4.69, 9.17) is 11.6 Å². The topological polar surface area (TPSA) is 86.8 Å². The summed E-state index contributed by atoms with van der Waals surface area (Å²) in [6.07, 6.45) is 1.70. The molecule has 208 valence electrons. The van der Waals surface area contributed by atoms with Gasteiger partial charge in [0.2, 0.25) is 21.8 Å². The van der Waals surface area contributed by atoms with Crippen molar-refractivity contribution in [2.45, 2.75) is 32.4 Å². The van der Waals surface area contributed by atoms with Gasteiger partial charge in [0.1, 0.15) is 12.6 Å². The van der Waals surface area contributed by atoms with Crippen molar-refractivity contribution in [3.05, 3.63) is 101 Å². The lowest BCUT2D eigenvalue weighted by Crippen LogP contribution is -2.53. The molecule has 0 aromatic heterocycles. The summed E-state index contributed by atoms with van der Waals surface area (Å²) in [5.41, 5.74) is 1.24. The number of rotatable bonds is 12. The number of carbonyl (C=O) groups excluding carboxylic acids is 2. The van der Waals surface area contributed by atoms with Crippen molar-refractivity contribution in [2.75, 3.05) is 23.7 Å². The predicted octanol–water partition coefficient (Wildman–Crippen LogP) is 4.55. The van der Waals surface area contributed by atoms with Crippen LogP contribution < -0.4 is 9.62 Å². The molecule has 0 saturated carbocycles. The molecule has 0 radical (unpaired) electrons. The molecule has 2 amide bonds. The van der Waals surface area contributed by atoms with E-state index in [1.54, 1.807) is 24.3 Å². The van der Waals surface area contributed by atoms with Gasteiger partial charge >= 0.3 is 0 Å². The Hall–Kier alpha value is -3.50. The summed E-state index contributed by atoms with van der Waals surface area (Å²) in [5.74, 6) is -3.51. The molecule has 0 fully saturated rings. The third kappa shape index (κ3) is 8.49. The van der Waals surface area contributed by atoms with Gasteiger partial charge in [0, 0.05) is 30.6 Å². The Balaban J connectivity index is 2.04. The first-order chi connectivity index (χ1) is 18.5. The van der Waals surface area contributed by atoms with Gasteiger partial charge in [-0.1, -0.05) is 61.0 Å². The fraction of sp³-hybridized carbons (Fsp3) is 0.286. The standard InChI is InChI=1S/C28H30ClF2N3O4S/c1-3-15-32-28(36)26(16-20-7-5-4-6-8-20)33(18-21-9-11-22(29)12-10-21)27(35)19-34(39(2,37)38)23-13-14-24(30)25(31)17-23/h4-14,17,26H,3,15-16,18-19H2,1-2H3,(H,32,36). The van der Waals surface area contributed by atoms with E-state index in [2.05, 4.69) is 5.32 Å². The molecule has 0 saturated heterocycles. The lowest BCUT2D eigenvalue weighted by molar-refractivity contribution is -0.140. The number of carbonyl (C=O) groups is 2. The minimum absolute atomic E-state index is 0.0254. The molecular formula is C28H30ClF2N3O4S. The van der Waals surface area contributed by atoms with Crippen LogP contribution in [0.15, 0.2) is 72.8 Å². The predicted molar refractivity (Wildman–Crippen MR) is 148 cm³/mol. The second kappa shape index (κ2) is 13.5. The average molecular weight is 578 g/mol. The van der Waals surface area contributed by atoms with Crippen molar-refractivity contribution in [1.82, 2.24) is 10.2 Å². The van der Waals surface area contributed by atoms with Gasteiger partial charge < -0.3 is 10.2 Å². The molecule has 1 atom stereocenters. The summed E-state index contributed by atoms with van der Waals surface area (Å²) in [6.45, 7) is 1.53. The lowest BCUT2D eigenvalue weighted by atomic mass is 10.0. The SMILES string of the molecule is CCCNC(=O)C(Cc1ccccc1)N(Cc1ccc(Cl)cc1)C(=O)CN(c1ccc(F)c(F)c1)S(C)(=O)=O. The normalized spacial score (nSPS) is 12.0. The van der Waals surface area contributed by atoms with E-state index < -0.39 is 46.1 Å². The fourth-order valence-corrected chi connectivity index (χ4v) is 4.93. The van der Waals surface area contributed by atoms with Gasteiger partial charge in [-0.15, -0.1) is 0 Å².